The number of thiazole rings is 1. The zero-order valence-corrected chi connectivity index (χ0v) is 18.7. The lowest BCUT2D eigenvalue weighted by Crippen LogP contribution is -2.31. The summed E-state index contributed by atoms with van der Waals surface area (Å²) in [5.74, 6) is -0.320. The van der Waals surface area contributed by atoms with Crippen molar-refractivity contribution < 1.29 is 13.2 Å². The average Bonchev–Trinajstić information content (AvgIpc) is 3.40. The Bertz CT molecular complexity index is 1040. The summed E-state index contributed by atoms with van der Waals surface area (Å²) >= 11 is 2.94. The van der Waals surface area contributed by atoms with Crippen molar-refractivity contribution in [2.24, 2.45) is 0 Å². The van der Waals surface area contributed by atoms with Gasteiger partial charge in [-0.25, -0.2) is 13.4 Å². The van der Waals surface area contributed by atoms with Gasteiger partial charge >= 0.3 is 0 Å². The van der Waals surface area contributed by atoms with Crippen molar-refractivity contribution in [1.29, 1.82) is 0 Å². The minimum Gasteiger partial charge on any atom is -0.298 e. The van der Waals surface area contributed by atoms with Crippen LogP contribution in [0.1, 0.15) is 37.0 Å². The summed E-state index contributed by atoms with van der Waals surface area (Å²) in [4.78, 5) is 18.2. The van der Waals surface area contributed by atoms with Crippen LogP contribution in [0.4, 0.5) is 5.13 Å². The molecule has 0 unspecified atom stereocenters. The van der Waals surface area contributed by atoms with E-state index < -0.39 is 10.0 Å². The molecule has 9 heteroatoms. The van der Waals surface area contributed by atoms with E-state index in [1.165, 1.54) is 39.9 Å². The molecule has 3 rings (SSSR count). The number of anilines is 1. The zero-order valence-electron chi connectivity index (χ0n) is 16.3. The van der Waals surface area contributed by atoms with Crippen LogP contribution in [-0.4, -0.2) is 36.7 Å². The number of hydrogen-bond acceptors (Lipinski definition) is 6. The molecule has 3 aromatic rings. The summed E-state index contributed by atoms with van der Waals surface area (Å²) in [6.07, 6.45) is 1.74. The van der Waals surface area contributed by atoms with Crippen molar-refractivity contribution in [3.63, 3.8) is 0 Å². The van der Waals surface area contributed by atoms with Crippen LogP contribution in [0, 0.1) is 0 Å². The normalized spacial score (nSPS) is 11.7. The second-order valence-corrected chi connectivity index (χ2v) is 10.1. The molecular weight excluding hydrogens is 426 g/mol. The number of benzene rings is 1. The van der Waals surface area contributed by atoms with Crippen molar-refractivity contribution in [3.05, 3.63) is 52.7 Å². The highest BCUT2D eigenvalue weighted by Crippen LogP contribution is 2.28. The topological polar surface area (TPSA) is 79.4 Å². The van der Waals surface area contributed by atoms with Crippen molar-refractivity contribution in [3.8, 4) is 10.6 Å². The van der Waals surface area contributed by atoms with Gasteiger partial charge in [0.25, 0.3) is 5.91 Å². The Hall–Kier alpha value is -2.07. The van der Waals surface area contributed by atoms with Crippen LogP contribution in [0.5, 0.6) is 0 Å². The van der Waals surface area contributed by atoms with Crippen LogP contribution in [0.2, 0.25) is 0 Å². The fourth-order valence-corrected chi connectivity index (χ4v) is 5.70. The fraction of sp³-hybridized carbons (Fsp3) is 0.300. The third kappa shape index (κ3) is 5.11. The number of carbonyl (C=O) groups is 1. The van der Waals surface area contributed by atoms with Crippen molar-refractivity contribution >= 4 is 43.7 Å². The van der Waals surface area contributed by atoms with Crippen LogP contribution < -0.4 is 5.32 Å². The lowest BCUT2D eigenvalue weighted by atomic mass is 10.2. The molecule has 2 heterocycles. The number of unbranched alkanes of at least 4 members (excludes halogenated alkanes) is 1. The molecule has 1 N–H and O–H groups in total. The molecule has 0 aliphatic rings. The number of sulfonamides is 1. The number of rotatable bonds is 9. The van der Waals surface area contributed by atoms with Gasteiger partial charge in [-0.3, -0.25) is 10.1 Å². The van der Waals surface area contributed by atoms with Crippen LogP contribution in [0.15, 0.2) is 52.1 Å². The minimum absolute atomic E-state index is 0.196. The van der Waals surface area contributed by atoms with Gasteiger partial charge in [0.1, 0.15) is 0 Å². The molecule has 0 radical (unpaired) electrons. The second kappa shape index (κ2) is 9.62. The molecule has 154 valence electrons. The van der Waals surface area contributed by atoms with Gasteiger partial charge in [-0.05, 0) is 42.1 Å². The van der Waals surface area contributed by atoms with Crippen LogP contribution >= 0.6 is 22.7 Å². The van der Waals surface area contributed by atoms with E-state index in [-0.39, 0.29) is 10.8 Å². The smallest absolute Gasteiger partial charge is 0.257 e. The van der Waals surface area contributed by atoms with Gasteiger partial charge in [0, 0.05) is 24.0 Å². The predicted octanol–water partition coefficient (Wildman–Crippen LogP) is 4.93. The van der Waals surface area contributed by atoms with E-state index in [0.717, 1.165) is 23.4 Å². The molecule has 0 saturated carbocycles. The quantitative estimate of drug-likeness (QED) is 0.502. The van der Waals surface area contributed by atoms with Gasteiger partial charge in [0.15, 0.2) is 5.13 Å². The molecule has 1 amide bonds. The van der Waals surface area contributed by atoms with E-state index in [1.807, 2.05) is 36.7 Å². The molecule has 6 nitrogen and oxygen atoms in total. The standard InChI is InChI=1S/C20H23N3O3S3/c1-3-5-12-23(4-2)29(25,26)16-10-8-15(9-11-16)19(24)22-20-21-17(14-28-20)18-7-6-13-27-18/h6-11,13-14H,3-5,12H2,1-2H3,(H,21,22,24). The van der Waals surface area contributed by atoms with Crippen molar-refractivity contribution in [2.75, 3.05) is 18.4 Å². The highest BCUT2D eigenvalue weighted by Gasteiger charge is 2.22. The second-order valence-electron chi connectivity index (χ2n) is 6.34. The minimum atomic E-state index is -3.55. The number of thiophene rings is 1. The summed E-state index contributed by atoms with van der Waals surface area (Å²) in [5, 5.41) is 7.15. The monoisotopic (exact) mass is 449 g/mol. The van der Waals surface area contributed by atoms with E-state index in [2.05, 4.69) is 10.3 Å². The summed E-state index contributed by atoms with van der Waals surface area (Å²) in [5.41, 5.74) is 1.21. The number of hydrogen-bond donors (Lipinski definition) is 1. The summed E-state index contributed by atoms with van der Waals surface area (Å²) < 4.78 is 27.0. The average molecular weight is 450 g/mol. The number of nitrogens with zero attached hydrogens (tertiary/aromatic N) is 2. The molecule has 0 fully saturated rings. The predicted molar refractivity (Wildman–Crippen MR) is 119 cm³/mol. The summed E-state index contributed by atoms with van der Waals surface area (Å²) in [6, 6.07) is 9.96. The SMILES string of the molecule is CCCCN(CC)S(=O)(=O)c1ccc(C(=O)Nc2nc(-c3cccs3)cs2)cc1. The number of amides is 1. The first-order chi connectivity index (χ1) is 14.0. The summed E-state index contributed by atoms with van der Waals surface area (Å²) in [7, 11) is -3.55. The largest absolute Gasteiger partial charge is 0.298 e. The molecule has 1 aromatic carbocycles. The first-order valence-electron chi connectivity index (χ1n) is 9.36. The zero-order chi connectivity index (χ0) is 20.9. The molecule has 2 aromatic heterocycles. The van der Waals surface area contributed by atoms with E-state index >= 15 is 0 Å². The third-order valence-electron chi connectivity index (χ3n) is 4.37. The van der Waals surface area contributed by atoms with Crippen LogP contribution in [0.3, 0.4) is 0 Å². The molecule has 0 bridgehead atoms. The fourth-order valence-electron chi connectivity index (χ4n) is 2.75. The first kappa shape index (κ1) is 21.6. The highest BCUT2D eigenvalue weighted by molar-refractivity contribution is 7.89. The molecule has 0 saturated heterocycles. The summed E-state index contributed by atoms with van der Waals surface area (Å²) in [6.45, 7) is 4.77. The molecule has 29 heavy (non-hydrogen) atoms. The van der Waals surface area contributed by atoms with Gasteiger partial charge < -0.3 is 0 Å². The lowest BCUT2D eigenvalue weighted by Gasteiger charge is -2.20. The number of nitrogens with one attached hydrogen (secondary N) is 1. The molecule has 0 atom stereocenters. The van der Waals surface area contributed by atoms with Crippen molar-refractivity contribution in [1.82, 2.24) is 9.29 Å². The Morgan fingerprint density at radius 1 is 1.14 bits per heavy atom. The molecule has 0 aliphatic carbocycles. The maximum absolute atomic E-state index is 12.8. The Balaban J connectivity index is 1.70. The molecular formula is C20H23N3O3S3. The maximum Gasteiger partial charge on any atom is 0.257 e. The molecule has 0 spiro atoms. The van der Waals surface area contributed by atoms with Gasteiger partial charge in [-0.15, -0.1) is 22.7 Å². The van der Waals surface area contributed by atoms with Gasteiger partial charge in [-0.1, -0.05) is 26.3 Å². The van der Waals surface area contributed by atoms with Crippen LogP contribution in [0.25, 0.3) is 10.6 Å². The number of aromatic nitrogens is 1. The number of carbonyl (C=O) groups excluding carboxylic acids is 1. The van der Waals surface area contributed by atoms with Crippen LogP contribution in [-0.2, 0) is 10.0 Å². The first-order valence-corrected chi connectivity index (χ1v) is 12.6. The Labute approximate surface area is 179 Å². The van der Waals surface area contributed by atoms with Gasteiger partial charge in [0.2, 0.25) is 10.0 Å². The Morgan fingerprint density at radius 2 is 1.90 bits per heavy atom. The van der Waals surface area contributed by atoms with E-state index in [4.69, 9.17) is 0 Å². The van der Waals surface area contributed by atoms with E-state index in [9.17, 15) is 13.2 Å². The Morgan fingerprint density at radius 3 is 2.52 bits per heavy atom. The highest BCUT2D eigenvalue weighted by atomic mass is 32.2. The Kier molecular flexibility index (Phi) is 7.18. The lowest BCUT2D eigenvalue weighted by molar-refractivity contribution is 0.102. The van der Waals surface area contributed by atoms with Crippen molar-refractivity contribution in [2.45, 2.75) is 31.6 Å². The van der Waals surface area contributed by atoms with Gasteiger partial charge in [-0.2, -0.15) is 4.31 Å². The van der Waals surface area contributed by atoms with E-state index in [0.29, 0.717) is 23.8 Å². The maximum atomic E-state index is 12.8. The van der Waals surface area contributed by atoms with E-state index in [1.54, 1.807) is 11.3 Å². The molecule has 0 aliphatic heterocycles. The van der Waals surface area contributed by atoms with Gasteiger partial charge in [0.05, 0.1) is 15.5 Å². The third-order valence-corrected chi connectivity index (χ3v) is 8.00.